The lowest BCUT2D eigenvalue weighted by atomic mass is 10.2. The van der Waals surface area contributed by atoms with E-state index in [1.807, 2.05) is 0 Å². The van der Waals surface area contributed by atoms with E-state index in [0.29, 0.717) is 22.1 Å². The number of phenols is 2. The quantitative estimate of drug-likeness (QED) is 0.621. The maximum Gasteiger partial charge on any atom is 0.241 e. The van der Waals surface area contributed by atoms with Crippen molar-refractivity contribution in [1.29, 1.82) is 0 Å². The Hall–Kier alpha value is -2.73. The van der Waals surface area contributed by atoms with Gasteiger partial charge in [0, 0.05) is 18.1 Å². The highest BCUT2D eigenvalue weighted by Gasteiger charge is 2.31. The summed E-state index contributed by atoms with van der Waals surface area (Å²) in [5, 5.41) is 19.6. The molecule has 7 heteroatoms. The summed E-state index contributed by atoms with van der Waals surface area (Å²) in [5.74, 6) is -1.45. The fourth-order valence-electron chi connectivity index (χ4n) is 2.49. The van der Waals surface area contributed by atoms with Crippen LogP contribution < -0.4 is 9.80 Å². The number of hydrogen-bond donors (Lipinski definition) is 2. The van der Waals surface area contributed by atoms with Gasteiger partial charge in [0.25, 0.3) is 0 Å². The fourth-order valence-corrected chi connectivity index (χ4v) is 2.66. The molecule has 2 aromatic rings. The number of phenolic OH excluding ortho intramolecular Hbond substituents is 2. The zero-order chi connectivity index (χ0) is 16.7. The van der Waals surface area contributed by atoms with Gasteiger partial charge in [0.15, 0.2) is 11.5 Å². The molecule has 0 bridgehead atoms. The molecule has 0 atom stereocenters. The Labute approximate surface area is 137 Å². The van der Waals surface area contributed by atoms with Crippen LogP contribution in [0.3, 0.4) is 0 Å². The van der Waals surface area contributed by atoms with Gasteiger partial charge in [0.05, 0.1) is 17.1 Å². The molecule has 0 saturated heterocycles. The second-order valence-electron chi connectivity index (χ2n) is 5.16. The summed E-state index contributed by atoms with van der Waals surface area (Å²) in [4.78, 5) is 27.4. The molecule has 0 saturated carbocycles. The van der Waals surface area contributed by atoms with Crippen LogP contribution in [0.4, 0.5) is 17.1 Å². The van der Waals surface area contributed by atoms with Crippen LogP contribution in [0, 0.1) is 0 Å². The van der Waals surface area contributed by atoms with Crippen LogP contribution in [0.5, 0.6) is 11.5 Å². The molecular formula is C16H13ClN2O4. The molecule has 0 aromatic heterocycles. The van der Waals surface area contributed by atoms with Gasteiger partial charge in [-0.3, -0.25) is 14.5 Å². The molecule has 0 spiro atoms. The highest BCUT2D eigenvalue weighted by molar-refractivity contribution is 6.31. The van der Waals surface area contributed by atoms with Crippen molar-refractivity contribution in [2.24, 2.45) is 0 Å². The molecule has 1 aliphatic heterocycles. The van der Waals surface area contributed by atoms with Gasteiger partial charge in [-0.15, -0.1) is 0 Å². The molecule has 0 fully saturated rings. The molecule has 6 nitrogen and oxygen atoms in total. The number of halogens is 1. The summed E-state index contributed by atoms with van der Waals surface area (Å²) in [6.45, 7) is 0. The van der Waals surface area contributed by atoms with E-state index in [2.05, 4.69) is 0 Å². The summed E-state index contributed by atoms with van der Waals surface area (Å²) in [6.07, 6.45) is -0.315. The van der Waals surface area contributed by atoms with E-state index in [1.54, 1.807) is 25.2 Å². The van der Waals surface area contributed by atoms with Gasteiger partial charge in [0.2, 0.25) is 11.8 Å². The van der Waals surface area contributed by atoms with Gasteiger partial charge < -0.3 is 15.1 Å². The van der Waals surface area contributed by atoms with Gasteiger partial charge in [-0.05, 0) is 30.3 Å². The number of amides is 2. The molecule has 1 aliphatic rings. The van der Waals surface area contributed by atoms with Crippen molar-refractivity contribution in [3.63, 3.8) is 0 Å². The third kappa shape index (κ3) is 2.57. The molecule has 2 N–H and O–H groups in total. The largest absolute Gasteiger partial charge is 0.504 e. The number of aromatic hydroxyl groups is 2. The van der Waals surface area contributed by atoms with Crippen LogP contribution in [-0.4, -0.2) is 29.1 Å². The predicted molar refractivity (Wildman–Crippen MR) is 86.4 cm³/mol. The summed E-state index contributed by atoms with van der Waals surface area (Å²) >= 11 is 6.04. The van der Waals surface area contributed by atoms with Crippen molar-refractivity contribution in [2.75, 3.05) is 16.8 Å². The topological polar surface area (TPSA) is 81.1 Å². The van der Waals surface area contributed by atoms with Crippen molar-refractivity contribution in [3.8, 4) is 11.5 Å². The summed E-state index contributed by atoms with van der Waals surface area (Å²) in [6, 6.07) is 8.88. The lowest BCUT2D eigenvalue weighted by molar-refractivity contribution is -0.125. The van der Waals surface area contributed by atoms with Crippen molar-refractivity contribution in [1.82, 2.24) is 0 Å². The average Bonchev–Trinajstić information content (AvgIpc) is 2.58. The molecule has 1 heterocycles. The molecule has 2 amide bonds. The average molecular weight is 333 g/mol. The zero-order valence-corrected chi connectivity index (χ0v) is 12.9. The lowest BCUT2D eigenvalue weighted by Crippen LogP contribution is -2.28. The van der Waals surface area contributed by atoms with E-state index in [1.165, 1.54) is 28.0 Å². The second-order valence-corrected chi connectivity index (χ2v) is 5.60. The smallest absolute Gasteiger partial charge is 0.241 e. The van der Waals surface area contributed by atoms with Gasteiger partial charge in [-0.1, -0.05) is 11.6 Å². The standard InChI is InChI=1S/C16H13ClN2O4/c1-18-11-4-2-9(17)6-12(11)19(16(23)8-15(18)22)10-3-5-13(20)14(21)7-10/h2-7,20-21H,8H2,1H3. The first-order valence-corrected chi connectivity index (χ1v) is 7.17. The third-order valence-electron chi connectivity index (χ3n) is 3.68. The molecule has 0 radical (unpaired) electrons. The molecule has 23 heavy (non-hydrogen) atoms. The Morgan fingerprint density at radius 2 is 1.70 bits per heavy atom. The first kappa shape index (κ1) is 15.2. The number of fused-ring (bicyclic) bond motifs is 1. The Bertz CT molecular complexity index is 822. The summed E-state index contributed by atoms with van der Waals surface area (Å²) in [5.41, 5.74) is 1.29. The van der Waals surface area contributed by atoms with Crippen LogP contribution in [0.1, 0.15) is 6.42 Å². The van der Waals surface area contributed by atoms with E-state index in [4.69, 9.17) is 11.6 Å². The van der Waals surface area contributed by atoms with E-state index in [-0.39, 0.29) is 23.8 Å². The minimum Gasteiger partial charge on any atom is -0.504 e. The molecule has 0 unspecified atom stereocenters. The molecule has 0 aliphatic carbocycles. The van der Waals surface area contributed by atoms with Crippen molar-refractivity contribution in [3.05, 3.63) is 41.4 Å². The first-order chi connectivity index (χ1) is 10.9. The summed E-state index contributed by atoms with van der Waals surface area (Å²) < 4.78 is 0. The zero-order valence-electron chi connectivity index (χ0n) is 12.2. The number of anilines is 3. The highest BCUT2D eigenvalue weighted by Crippen LogP contribution is 2.41. The monoisotopic (exact) mass is 332 g/mol. The number of hydrogen-bond acceptors (Lipinski definition) is 4. The van der Waals surface area contributed by atoms with Crippen LogP contribution in [0.15, 0.2) is 36.4 Å². The van der Waals surface area contributed by atoms with Crippen LogP contribution in [0.25, 0.3) is 0 Å². The maximum atomic E-state index is 12.5. The van der Waals surface area contributed by atoms with E-state index < -0.39 is 5.91 Å². The van der Waals surface area contributed by atoms with Gasteiger partial charge in [-0.25, -0.2) is 0 Å². The number of benzene rings is 2. The lowest BCUT2D eigenvalue weighted by Gasteiger charge is -2.24. The molecule has 118 valence electrons. The number of carbonyl (C=O) groups excluding carboxylic acids is 2. The molecule has 3 rings (SSSR count). The minimum absolute atomic E-state index is 0.296. The van der Waals surface area contributed by atoms with Crippen LogP contribution >= 0.6 is 11.6 Å². The van der Waals surface area contributed by atoms with E-state index >= 15 is 0 Å². The van der Waals surface area contributed by atoms with Gasteiger partial charge in [0.1, 0.15) is 6.42 Å². The first-order valence-electron chi connectivity index (χ1n) is 6.79. The minimum atomic E-state index is -0.451. The number of nitrogens with zero attached hydrogens (tertiary/aromatic N) is 2. The number of rotatable bonds is 1. The normalized spacial score (nSPS) is 14.7. The Balaban J connectivity index is 2.24. The van der Waals surface area contributed by atoms with Gasteiger partial charge in [-0.2, -0.15) is 0 Å². The van der Waals surface area contributed by atoms with E-state index in [9.17, 15) is 19.8 Å². The molecular weight excluding hydrogens is 320 g/mol. The SMILES string of the molecule is CN1C(=O)CC(=O)N(c2ccc(O)c(O)c2)c2cc(Cl)ccc21. The van der Waals surface area contributed by atoms with E-state index in [0.717, 1.165) is 0 Å². The van der Waals surface area contributed by atoms with Crippen molar-refractivity contribution < 1.29 is 19.8 Å². The maximum absolute atomic E-state index is 12.5. The second kappa shape index (κ2) is 5.48. The molecule has 2 aromatic carbocycles. The highest BCUT2D eigenvalue weighted by atomic mass is 35.5. The summed E-state index contributed by atoms with van der Waals surface area (Å²) in [7, 11) is 1.58. The van der Waals surface area contributed by atoms with Crippen molar-refractivity contribution >= 4 is 40.5 Å². The number of carbonyl (C=O) groups is 2. The van der Waals surface area contributed by atoms with Crippen LogP contribution in [-0.2, 0) is 9.59 Å². The Morgan fingerprint density at radius 3 is 2.39 bits per heavy atom. The predicted octanol–water partition coefficient (Wildman–Crippen LogP) is 2.78. The van der Waals surface area contributed by atoms with Crippen LogP contribution in [0.2, 0.25) is 5.02 Å². The fraction of sp³-hybridized carbons (Fsp3) is 0.125. The van der Waals surface area contributed by atoms with Gasteiger partial charge >= 0.3 is 0 Å². The third-order valence-corrected chi connectivity index (χ3v) is 3.92. The van der Waals surface area contributed by atoms with Crippen molar-refractivity contribution in [2.45, 2.75) is 6.42 Å². The Kier molecular flexibility index (Phi) is 3.61. The Morgan fingerprint density at radius 1 is 0.957 bits per heavy atom.